The summed E-state index contributed by atoms with van der Waals surface area (Å²) in [5, 5.41) is 0. The third-order valence-corrected chi connectivity index (χ3v) is 4.08. The number of rotatable bonds is 25. The molecule has 1 amide bonds. The van der Waals surface area contributed by atoms with Gasteiger partial charge in [0.2, 0.25) is 0 Å². The summed E-state index contributed by atoms with van der Waals surface area (Å²) in [6, 6.07) is 0. The van der Waals surface area contributed by atoms with Crippen molar-refractivity contribution in [2.45, 2.75) is 33.3 Å². The molecule has 0 bridgehead atoms. The molecule has 0 aromatic rings. The van der Waals surface area contributed by atoms with E-state index in [1.54, 1.807) is 7.05 Å². The van der Waals surface area contributed by atoms with Crippen molar-refractivity contribution in [2.75, 3.05) is 119 Å². The average Bonchev–Trinajstić information content (AvgIpc) is 2.80. The van der Waals surface area contributed by atoms with Crippen LogP contribution >= 0.6 is 0 Å². The van der Waals surface area contributed by atoms with Crippen LogP contribution in [0.5, 0.6) is 0 Å². The molecular weight excluding hydrogens is 462 g/mol. The van der Waals surface area contributed by atoms with Crippen LogP contribution < -0.4 is 0 Å². The van der Waals surface area contributed by atoms with Gasteiger partial charge in [-0.15, -0.1) is 0 Å². The lowest BCUT2D eigenvalue weighted by atomic mass is 10.2. The Bertz CT molecular complexity index is 462. The number of carbonyl (C=O) groups is 1. The second-order valence-electron chi connectivity index (χ2n) is 8.39. The summed E-state index contributed by atoms with van der Waals surface area (Å²) in [5.74, 6) is 0. The molecular formula is C24H49NO10. The van der Waals surface area contributed by atoms with Crippen molar-refractivity contribution in [3.63, 3.8) is 0 Å². The summed E-state index contributed by atoms with van der Waals surface area (Å²) in [5.41, 5.74) is -0.501. The van der Waals surface area contributed by atoms with Gasteiger partial charge in [0.25, 0.3) is 0 Å². The van der Waals surface area contributed by atoms with Gasteiger partial charge in [0.15, 0.2) is 0 Å². The first-order valence-electron chi connectivity index (χ1n) is 12.4. The highest BCUT2D eigenvalue weighted by Gasteiger charge is 2.19. The van der Waals surface area contributed by atoms with Gasteiger partial charge in [-0.25, -0.2) is 4.79 Å². The zero-order valence-electron chi connectivity index (χ0n) is 22.6. The number of nitrogens with zero attached hydrogens (tertiary/aromatic N) is 1. The number of ether oxygens (including phenoxy) is 9. The van der Waals surface area contributed by atoms with Crippen molar-refractivity contribution in [1.82, 2.24) is 4.90 Å². The molecule has 0 rings (SSSR count). The highest BCUT2D eigenvalue weighted by Crippen LogP contribution is 2.08. The number of hydrogen-bond acceptors (Lipinski definition) is 10. The number of amides is 1. The molecule has 0 unspecified atom stereocenters. The molecule has 0 aliphatic rings. The lowest BCUT2D eigenvalue weighted by molar-refractivity contribution is -0.0233. The highest BCUT2D eigenvalue weighted by atomic mass is 16.6. The number of likely N-dealkylation sites (N-methyl/N-ethyl adjacent to an activating group) is 1. The van der Waals surface area contributed by atoms with Crippen LogP contribution in [0.3, 0.4) is 0 Å². The Morgan fingerprint density at radius 3 is 1.11 bits per heavy atom. The summed E-state index contributed by atoms with van der Waals surface area (Å²) < 4.78 is 48.4. The van der Waals surface area contributed by atoms with E-state index in [4.69, 9.17) is 42.6 Å². The van der Waals surface area contributed by atoms with Crippen molar-refractivity contribution >= 4 is 6.09 Å². The second-order valence-corrected chi connectivity index (χ2v) is 8.39. The SMILES string of the molecule is CCOCCOCCOCCOCCOCCOCCOCCOCCN(C)C(=O)OC(C)(C)C. The van der Waals surface area contributed by atoms with E-state index in [-0.39, 0.29) is 6.09 Å². The van der Waals surface area contributed by atoms with E-state index in [1.165, 1.54) is 4.90 Å². The lowest BCUT2D eigenvalue weighted by Gasteiger charge is -2.24. The van der Waals surface area contributed by atoms with E-state index in [2.05, 4.69) is 0 Å². The van der Waals surface area contributed by atoms with Gasteiger partial charge in [0.05, 0.1) is 99.1 Å². The highest BCUT2D eigenvalue weighted by molar-refractivity contribution is 5.67. The standard InChI is InChI=1S/C24H49NO10/c1-6-27-9-10-29-13-14-31-17-18-33-21-22-34-20-19-32-16-15-30-12-11-28-8-7-25(5)23(26)35-24(2,3)4/h6-22H2,1-5H3. The van der Waals surface area contributed by atoms with Crippen molar-refractivity contribution in [2.24, 2.45) is 0 Å². The Morgan fingerprint density at radius 2 is 0.829 bits per heavy atom. The van der Waals surface area contributed by atoms with Crippen LogP contribution in [0.2, 0.25) is 0 Å². The fourth-order valence-corrected chi connectivity index (χ4v) is 2.32. The zero-order chi connectivity index (χ0) is 26.0. The van der Waals surface area contributed by atoms with E-state index < -0.39 is 5.60 Å². The Hall–Kier alpha value is -1.05. The monoisotopic (exact) mass is 511 g/mol. The molecule has 11 nitrogen and oxygen atoms in total. The maximum absolute atomic E-state index is 11.8. The van der Waals surface area contributed by atoms with Crippen LogP contribution in [-0.4, -0.2) is 136 Å². The minimum absolute atomic E-state index is 0.359. The van der Waals surface area contributed by atoms with Crippen molar-refractivity contribution < 1.29 is 47.4 Å². The third-order valence-electron chi connectivity index (χ3n) is 4.08. The third kappa shape index (κ3) is 27.4. The maximum Gasteiger partial charge on any atom is 0.410 e. The van der Waals surface area contributed by atoms with E-state index in [0.717, 1.165) is 0 Å². The minimum atomic E-state index is -0.501. The van der Waals surface area contributed by atoms with E-state index in [9.17, 15) is 4.79 Å². The first kappa shape index (κ1) is 34.0. The van der Waals surface area contributed by atoms with Crippen molar-refractivity contribution in [3.8, 4) is 0 Å². The van der Waals surface area contributed by atoms with Gasteiger partial charge in [-0.2, -0.15) is 0 Å². The van der Waals surface area contributed by atoms with Gasteiger partial charge >= 0.3 is 6.09 Å². The summed E-state index contributed by atoms with van der Waals surface area (Å²) in [7, 11) is 1.68. The molecule has 0 aliphatic carbocycles. The second kappa shape index (κ2) is 24.6. The van der Waals surface area contributed by atoms with Gasteiger partial charge < -0.3 is 47.5 Å². The zero-order valence-corrected chi connectivity index (χ0v) is 22.6. The summed E-state index contributed by atoms with van der Waals surface area (Å²) in [4.78, 5) is 13.3. The van der Waals surface area contributed by atoms with Gasteiger partial charge in [-0.05, 0) is 27.7 Å². The normalized spacial score (nSPS) is 11.7. The molecule has 0 heterocycles. The molecule has 0 atom stereocenters. The first-order valence-corrected chi connectivity index (χ1v) is 12.4. The fourth-order valence-electron chi connectivity index (χ4n) is 2.32. The van der Waals surface area contributed by atoms with Gasteiger partial charge in [0, 0.05) is 20.2 Å². The predicted molar refractivity (Wildman–Crippen MR) is 131 cm³/mol. The predicted octanol–water partition coefficient (Wildman–Crippen LogP) is 2.01. The summed E-state index contributed by atoms with van der Waals surface area (Å²) >= 11 is 0. The smallest absolute Gasteiger partial charge is 0.410 e. The molecule has 0 aromatic heterocycles. The first-order chi connectivity index (χ1) is 16.9. The van der Waals surface area contributed by atoms with Crippen LogP contribution in [0.4, 0.5) is 4.79 Å². The van der Waals surface area contributed by atoms with E-state index >= 15 is 0 Å². The van der Waals surface area contributed by atoms with Crippen LogP contribution in [0.15, 0.2) is 0 Å². The molecule has 0 aromatic carbocycles. The average molecular weight is 512 g/mol. The van der Waals surface area contributed by atoms with Gasteiger partial charge in [-0.1, -0.05) is 0 Å². The maximum atomic E-state index is 11.8. The molecule has 0 saturated heterocycles. The fraction of sp³-hybridized carbons (Fsp3) is 0.958. The summed E-state index contributed by atoms with van der Waals surface area (Å²) in [6.07, 6.45) is -0.359. The van der Waals surface area contributed by atoms with Crippen molar-refractivity contribution in [1.29, 1.82) is 0 Å². The van der Waals surface area contributed by atoms with Crippen LogP contribution in [0.1, 0.15) is 27.7 Å². The number of carbonyl (C=O) groups excluding carboxylic acids is 1. The molecule has 11 heteroatoms. The molecule has 0 radical (unpaired) electrons. The Kier molecular flexibility index (Phi) is 23.9. The number of hydrogen-bond donors (Lipinski definition) is 0. The minimum Gasteiger partial charge on any atom is -0.444 e. The Morgan fingerprint density at radius 1 is 0.543 bits per heavy atom. The quantitative estimate of drug-likeness (QED) is 0.169. The molecule has 0 fully saturated rings. The van der Waals surface area contributed by atoms with Crippen LogP contribution in [-0.2, 0) is 42.6 Å². The Labute approximate surface area is 211 Å². The van der Waals surface area contributed by atoms with Gasteiger partial charge in [0.1, 0.15) is 5.60 Å². The van der Waals surface area contributed by atoms with E-state index in [0.29, 0.717) is 112 Å². The molecule has 35 heavy (non-hydrogen) atoms. The summed E-state index contributed by atoms with van der Waals surface area (Å²) in [6.45, 7) is 16.4. The van der Waals surface area contributed by atoms with Crippen LogP contribution in [0.25, 0.3) is 0 Å². The Balaban J connectivity index is 3.18. The molecule has 0 N–H and O–H groups in total. The van der Waals surface area contributed by atoms with Crippen molar-refractivity contribution in [3.05, 3.63) is 0 Å². The molecule has 210 valence electrons. The topological polar surface area (TPSA) is 103 Å². The molecule has 0 aliphatic heterocycles. The molecule has 0 spiro atoms. The molecule has 0 saturated carbocycles. The lowest BCUT2D eigenvalue weighted by Crippen LogP contribution is -2.36. The van der Waals surface area contributed by atoms with Gasteiger partial charge in [-0.3, -0.25) is 0 Å². The largest absolute Gasteiger partial charge is 0.444 e. The van der Waals surface area contributed by atoms with E-state index in [1.807, 2.05) is 27.7 Å². The van der Waals surface area contributed by atoms with Crippen LogP contribution in [0, 0.1) is 0 Å².